The van der Waals surface area contributed by atoms with E-state index in [4.69, 9.17) is 16.0 Å². The monoisotopic (exact) mass is 479 g/mol. The lowest BCUT2D eigenvalue weighted by Crippen LogP contribution is -2.29. The SMILES string of the molecule is COC(=O)c1cn(-c2ccc(Cl)cc2-c2cc(=O)c(OS(=O)(=O)C(F)(F)F)co2)nn1. The molecule has 0 fully saturated rings. The quantitative estimate of drug-likeness (QED) is 0.308. The number of alkyl halides is 3. The first-order valence-electron chi connectivity index (χ1n) is 7.87. The van der Waals surface area contributed by atoms with Gasteiger partial charge in [-0.15, -0.1) is 5.10 Å². The van der Waals surface area contributed by atoms with Gasteiger partial charge in [0.25, 0.3) is 0 Å². The molecule has 2 aromatic heterocycles. The van der Waals surface area contributed by atoms with Crippen LogP contribution in [0.15, 0.2) is 45.9 Å². The summed E-state index contributed by atoms with van der Waals surface area (Å²) in [7, 11) is -4.92. The molecular formula is C16H9ClF3N3O7S. The lowest BCUT2D eigenvalue weighted by molar-refractivity contribution is -0.0500. The molecule has 31 heavy (non-hydrogen) atoms. The van der Waals surface area contributed by atoms with Crippen LogP contribution in [-0.2, 0) is 14.9 Å². The van der Waals surface area contributed by atoms with Gasteiger partial charge in [0.2, 0.25) is 11.2 Å². The summed E-state index contributed by atoms with van der Waals surface area (Å²) in [5.41, 5.74) is -6.74. The molecule has 0 saturated heterocycles. The molecule has 0 aliphatic carbocycles. The lowest BCUT2D eigenvalue weighted by atomic mass is 10.1. The summed E-state index contributed by atoms with van der Waals surface area (Å²) < 4.78 is 74.1. The van der Waals surface area contributed by atoms with Crippen LogP contribution < -0.4 is 9.61 Å². The van der Waals surface area contributed by atoms with Crippen molar-refractivity contribution < 1.29 is 39.7 Å². The minimum absolute atomic E-state index is 0.121. The van der Waals surface area contributed by atoms with E-state index < -0.39 is 32.8 Å². The smallest absolute Gasteiger partial charge is 0.464 e. The molecular weight excluding hydrogens is 471 g/mol. The lowest BCUT2D eigenvalue weighted by Gasteiger charge is -2.11. The Morgan fingerprint density at radius 3 is 2.58 bits per heavy atom. The van der Waals surface area contributed by atoms with E-state index in [1.807, 2.05) is 0 Å². The molecule has 3 aromatic rings. The number of carbonyl (C=O) groups is 1. The van der Waals surface area contributed by atoms with Crippen molar-refractivity contribution in [1.29, 1.82) is 0 Å². The van der Waals surface area contributed by atoms with Gasteiger partial charge in [0.1, 0.15) is 12.0 Å². The minimum Gasteiger partial charge on any atom is -0.464 e. The van der Waals surface area contributed by atoms with Gasteiger partial charge in [0, 0.05) is 16.7 Å². The molecule has 0 aliphatic heterocycles. The van der Waals surface area contributed by atoms with Gasteiger partial charge in [-0.05, 0) is 18.2 Å². The van der Waals surface area contributed by atoms with Crippen LogP contribution in [0.2, 0.25) is 5.02 Å². The Bertz CT molecular complexity index is 1320. The number of carbonyl (C=O) groups excluding carboxylic acids is 1. The summed E-state index contributed by atoms with van der Waals surface area (Å²) in [6, 6.07) is 4.92. The van der Waals surface area contributed by atoms with Crippen LogP contribution >= 0.6 is 11.6 Å². The highest BCUT2D eigenvalue weighted by Crippen LogP contribution is 2.31. The van der Waals surface area contributed by atoms with E-state index in [0.29, 0.717) is 12.3 Å². The first kappa shape index (κ1) is 22.3. The standard InChI is InChI=1S/C16H9ClF3N3O7S/c1-28-15(25)10-6-23(22-21-10)11-3-2-8(17)4-9(11)13-5-12(24)14(7-29-13)30-31(26,27)16(18,19)20/h2-7H,1H3. The van der Waals surface area contributed by atoms with Crippen molar-refractivity contribution in [3.63, 3.8) is 0 Å². The third-order valence-electron chi connectivity index (χ3n) is 3.64. The van der Waals surface area contributed by atoms with Crippen molar-refractivity contribution in [3.8, 4) is 22.8 Å². The number of ether oxygens (including phenoxy) is 1. The molecule has 15 heteroatoms. The average Bonchev–Trinajstić information content (AvgIpc) is 3.18. The summed E-state index contributed by atoms with van der Waals surface area (Å²) in [6.45, 7) is 0. The summed E-state index contributed by atoms with van der Waals surface area (Å²) in [5.74, 6) is -2.17. The number of hydrogen-bond acceptors (Lipinski definition) is 9. The molecule has 1 aromatic carbocycles. The Hall–Kier alpha value is -3.39. The summed E-state index contributed by atoms with van der Waals surface area (Å²) in [6.07, 6.45) is 1.62. The Morgan fingerprint density at radius 1 is 1.26 bits per heavy atom. The average molecular weight is 480 g/mol. The van der Waals surface area contributed by atoms with Gasteiger partial charge in [-0.25, -0.2) is 9.48 Å². The van der Waals surface area contributed by atoms with E-state index >= 15 is 0 Å². The van der Waals surface area contributed by atoms with Crippen molar-refractivity contribution in [3.05, 3.63) is 57.7 Å². The van der Waals surface area contributed by atoms with E-state index in [0.717, 1.165) is 11.8 Å². The first-order valence-corrected chi connectivity index (χ1v) is 9.66. The zero-order valence-electron chi connectivity index (χ0n) is 15.1. The number of halogens is 4. The predicted octanol–water partition coefficient (Wildman–Crippen LogP) is 2.56. The molecule has 3 rings (SSSR count). The fraction of sp³-hybridized carbons (Fsp3) is 0.125. The maximum absolute atomic E-state index is 12.5. The van der Waals surface area contributed by atoms with Gasteiger partial charge < -0.3 is 13.3 Å². The zero-order valence-corrected chi connectivity index (χ0v) is 16.7. The molecule has 0 saturated carbocycles. The number of rotatable bonds is 5. The second-order valence-electron chi connectivity index (χ2n) is 5.66. The van der Waals surface area contributed by atoms with Gasteiger partial charge in [0.15, 0.2) is 5.69 Å². The van der Waals surface area contributed by atoms with Crippen molar-refractivity contribution in [2.45, 2.75) is 5.51 Å². The summed E-state index contributed by atoms with van der Waals surface area (Å²) in [5, 5.41) is 7.59. The molecule has 0 N–H and O–H groups in total. The molecule has 0 radical (unpaired) electrons. The highest BCUT2D eigenvalue weighted by Gasteiger charge is 2.49. The third kappa shape index (κ3) is 4.54. The fourth-order valence-electron chi connectivity index (χ4n) is 2.25. The maximum atomic E-state index is 12.5. The van der Waals surface area contributed by atoms with E-state index in [-0.39, 0.29) is 27.7 Å². The van der Waals surface area contributed by atoms with E-state index in [1.165, 1.54) is 24.4 Å². The minimum atomic E-state index is -6.06. The molecule has 0 unspecified atom stereocenters. The first-order chi connectivity index (χ1) is 14.4. The summed E-state index contributed by atoms with van der Waals surface area (Å²) >= 11 is 5.97. The van der Waals surface area contributed by atoms with Gasteiger partial charge in [-0.2, -0.15) is 21.6 Å². The highest BCUT2D eigenvalue weighted by molar-refractivity contribution is 7.88. The van der Waals surface area contributed by atoms with E-state index in [1.54, 1.807) is 0 Å². The molecule has 0 bridgehead atoms. The number of aromatic nitrogens is 3. The normalized spacial score (nSPS) is 11.9. The molecule has 2 heterocycles. The van der Waals surface area contributed by atoms with Gasteiger partial charge in [-0.3, -0.25) is 4.79 Å². The molecule has 0 amide bonds. The van der Waals surface area contributed by atoms with Gasteiger partial charge in [-0.1, -0.05) is 16.8 Å². The number of benzene rings is 1. The van der Waals surface area contributed by atoms with Crippen LogP contribution in [0.5, 0.6) is 5.75 Å². The van der Waals surface area contributed by atoms with Gasteiger partial charge in [0.05, 0.1) is 19.0 Å². The number of methoxy groups -OCH3 is 1. The summed E-state index contributed by atoms with van der Waals surface area (Å²) in [4.78, 5) is 23.7. The van der Waals surface area contributed by atoms with E-state index in [2.05, 4.69) is 19.2 Å². The van der Waals surface area contributed by atoms with Crippen LogP contribution in [0.4, 0.5) is 13.2 Å². The zero-order chi connectivity index (χ0) is 23.0. The van der Waals surface area contributed by atoms with Crippen LogP contribution in [0.1, 0.15) is 10.5 Å². The topological polar surface area (TPSA) is 131 Å². The number of nitrogens with zero attached hydrogens (tertiary/aromatic N) is 3. The third-order valence-corrected chi connectivity index (χ3v) is 4.84. The Labute approximate surface area is 175 Å². The van der Waals surface area contributed by atoms with Crippen molar-refractivity contribution in [2.24, 2.45) is 0 Å². The maximum Gasteiger partial charge on any atom is 0.534 e. The molecule has 0 atom stereocenters. The Kier molecular flexibility index (Phi) is 5.78. The van der Waals surface area contributed by atoms with Crippen LogP contribution in [0.25, 0.3) is 17.0 Å². The van der Waals surface area contributed by atoms with Crippen molar-refractivity contribution in [2.75, 3.05) is 7.11 Å². The molecule has 0 aliphatic rings. The second kappa shape index (κ2) is 8.03. The number of hydrogen-bond donors (Lipinski definition) is 0. The second-order valence-corrected chi connectivity index (χ2v) is 7.63. The Morgan fingerprint density at radius 2 is 1.97 bits per heavy atom. The van der Waals surface area contributed by atoms with E-state index in [9.17, 15) is 31.2 Å². The fourth-order valence-corrected chi connectivity index (χ4v) is 2.88. The van der Waals surface area contributed by atoms with Crippen LogP contribution in [0, 0.1) is 0 Å². The molecule has 0 spiro atoms. The van der Waals surface area contributed by atoms with Gasteiger partial charge >= 0.3 is 21.6 Å². The van der Waals surface area contributed by atoms with Crippen molar-refractivity contribution in [1.82, 2.24) is 15.0 Å². The largest absolute Gasteiger partial charge is 0.534 e. The molecule has 164 valence electrons. The Balaban J connectivity index is 2.05. The van der Waals surface area contributed by atoms with Crippen molar-refractivity contribution >= 4 is 27.7 Å². The number of esters is 1. The van der Waals surface area contributed by atoms with Crippen LogP contribution in [-0.4, -0.2) is 42.0 Å². The predicted molar refractivity (Wildman–Crippen MR) is 97.3 cm³/mol. The van der Waals surface area contributed by atoms with Crippen LogP contribution in [0.3, 0.4) is 0 Å². The molecule has 10 nitrogen and oxygen atoms in total. The highest BCUT2D eigenvalue weighted by atomic mass is 35.5.